The molecule has 0 spiro atoms. The number of aliphatic hydroxyl groups excluding tert-OH is 2. The number of rotatable bonds is 8. The molecule has 0 aromatic carbocycles. The molecule has 0 aromatic rings. The van der Waals surface area contributed by atoms with Gasteiger partial charge in [0.2, 0.25) is 11.6 Å². The van der Waals surface area contributed by atoms with Gasteiger partial charge in [0, 0.05) is 31.1 Å². The first-order valence-corrected chi connectivity index (χ1v) is 19.2. The summed E-state index contributed by atoms with van der Waals surface area (Å²) in [6.07, 6.45) is 4.68. The van der Waals surface area contributed by atoms with E-state index in [1.807, 2.05) is 54.5 Å². The highest BCUT2D eigenvalue weighted by molar-refractivity contribution is 6.49. The van der Waals surface area contributed by atoms with Crippen molar-refractivity contribution in [2.24, 2.45) is 52.3 Å². The molecule has 2 fully saturated rings. The maximum Gasteiger partial charge on any atom is 0.226 e. The number of carbonyl (C=O) groups excluding carboxylic acids is 3. The van der Waals surface area contributed by atoms with Crippen molar-refractivity contribution < 1.29 is 44.3 Å². The highest BCUT2D eigenvalue weighted by Crippen LogP contribution is 2.62. The Morgan fingerprint density at radius 1 is 0.765 bits per heavy atom. The zero-order valence-corrected chi connectivity index (χ0v) is 32.0. The van der Waals surface area contributed by atoms with Gasteiger partial charge < -0.3 is 29.9 Å². The monoisotopic (exact) mass is 708 g/mol. The largest absolute Gasteiger partial charge is 0.392 e. The Bertz CT molecular complexity index is 1610. The van der Waals surface area contributed by atoms with E-state index in [-0.39, 0.29) is 73.8 Å². The molecule has 9 heteroatoms. The molecule has 51 heavy (non-hydrogen) atoms. The molecule has 4 N–H and O–H groups in total. The molecule has 0 amide bonds. The second kappa shape index (κ2) is 13.2. The Morgan fingerprint density at radius 3 is 1.71 bits per heavy atom. The molecule has 0 bridgehead atoms. The molecule has 0 aromatic heterocycles. The Kier molecular flexibility index (Phi) is 9.98. The lowest BCUT2D eigenvalue weighted by Gasteiger charge is -2.44. The Hall–Kier alpha value is -2.27. The van der Waals surface area contributed by atoms with E-state index in [1.54, 1.807) is 7.11 Å². The van der Waals surface area contributed by atoms with Crippen molar-refractivity contribution in [3.8, 4) is 0 Å². The van der Waals surface area contributed by atoms with Crippen LogP contribution >= 0.6 is 0 Å². The fraction of sp³-hybridized carbons (Fsp3) is 0.738. The minimum Gasteiger partial charge on any atom is -0.392 e. The maximum absolute atomic E-state index is 15.1. The minimum absolute atomic E-state index is 0.00261. The van der Waals surface area contributed by atoms with Gasteiger partial charge in [-0.1, -0.05) is 66.2 Å². The zero-order valence-electron chi connectivity index (χ0n) is 32.0. The second-order valence-electron chi connectivity index (χ2n) is 17.8. The fourth-order valence-electron chi connectivity index (χ4n) is 11.4. The molecule has 11 unspecified atom stereocenters. The highest BCUT2D eigenvalue weighted by Gasteiger charge is 2.62. The Balaban J connectivity index is 1.64. The van der Waals surface area contributed by atoms with Crippen LogP contribution in [0.5, 0.6) is 0 Å². The minimum atomic E-state index is -1.58. The smallest absolute Gasteiger partial charge is 0.226 e. The number of aliphatic hydroxyl groups is 4. The summed E-state index contributed by atoms with van der Waals surface area (Å²) in [5.74, 6) is -3.47. The third-order valence-corrected chi connectivity index (χ3v) is 14.2. The standard InChI is InChI=1S/C42H60O9/c1-21(2)34-27-14-32(43)23(5)25-10-12-41(48,19-50-8)29(25)16-39(27,7)31(36(34)45)18-40-17-30-26(11-13-42(30,49)20-51-9)24(6)33(44)15-28(40)35(22(3)4)37(46)38(40)47/h16-17,21-26,31-33,43-44,48-49H,10-15,18-20H2,1-9H3. The SMILES string of the molecule is COCC1(O)CCC2C1=CC1(CC3C(=O)C(C(C)C)=C4CC(O)C(C)C5CCC(O)(COC)C5=CC43C)C(=O)C(=O)C(C(C)C)=C1CC(O)C2C. The number of methoxy groups -OCH3 is 2. The molecular formula is C42H60O9. The summed E-state index contributed by atoms with van der Waals surface area (Å²) < 4.78 is 11.1. The molecule has 0 aliphatic heterocycles. The van der Waals surface area contributed by atoms with Crippen LogP contribution in [0.2, 0.25) is 0 Å². The molecule has 6 aliphatic rings. The molecular weight excluding hydrogens is 648 g/mol. The molecule has 0 saturated heterocycles. The second-order valence-corrected chi connectivity index (χ2v) is 17.8. The lowest BCUT2D eigenvalue weighted by Crippen LogP contribution is -2.45. The normalized spacial score (nSPS) is 42.8. The van der Waals surface area contributed by atoms with Crippen LogP contribution in [0, 0.1) is 52.3 Å². The van der Waals surface area contributed by atoms with Gasteiger partial charge in [0.25, 0.3) is 0 Å². The molecule has 6 aliphatic carbocycles. The van der Waals surface area contributed by atoms with Crippen LogP contribution in [0.3, 0.4) is 0 Å². The number of ether oxygens (including phenoxy) is 2. The third kappa shape index (κ3) is 5.67. The first-order chi connectivity index (χ1) is 23.8. The molecule has 9 nitrogen and oxygen atoms in total. The van der Waals surface area contributed by atoms with E-state index >= 15 is 4.79 Å². The molecule has 282 valence electrons. The predicted octanol–water partition coefficient (Wildman–Crippen LogP) is 4.85. The van der Waals surface area contributed by atoms with Crippen molar-refractivity contribution in [2.75, 3.05) is 27.4 Å². The number of ketones is 3. The van der Waals surface area contributed by atoms with Gasteiger partial charge in [0.15, 0.2) is 5.78 Å². The Labute approximate surface area is 303 Å². The summed E-state index contributed by atoms with van der Waals surface area (Å²) in [5.41, 5.74) is -1.55. The molecule has 11 atom stereocenters. The number of carbonyl (C=O) groups is 3. The summed E-state index contributed by atoms with van der Waals surface area (Å²) in [4.78, 5) is 44.2. The topological polar surface area (TPSA) is 151 Å². The third-order valence-electron chi connectivity index (χ3n) is 14.2. The maximum atomic E-state index is 15.1. The van der Waals surface area contributed by atoms with Gasteiger partial charge in [-0.2, -0.15) is 0 Å². The van der Waals surface area contributed by atoms with Crippen molar-refractivity contribution in [1.29, 1.82) is 0 Å². The van der Waals surface area contributed by atoms with Gasteiger partial charge in [0.1, 0.15) is 11.2 Å². The summed E-state index contributed by atoms with van der Waals surface area (Å²) in [5, 5.41) is 47.8. The number of allylic oxidation sites excluding steroid dienone is 4. The quantitative estimate of drug-likeness (QED) is 0.205. The zero-order chi connectivity index (χ0) is 37.6. The summed E-state index contributed by atoms with van der Waals surface area (Å²) >= 11 is 0. The van der Waals surface area contributed by atoms with Crippen molar-refractivity contribution in [1.82, 2.24) is 0 Å². The number of hydrogen-bond donors (Lipinski definition) is 4. The first kappa shape index (κ1) is 38.5. The van der Waals surface area contributed by atoms with Gasteiger partial charge in [-0.25, -0.2) is 0 Å². The van der Waals surface area contributed by atoms with Crippen LogP contribution in [0.1, 0.15) is 93.4 Å². The van der Waals surface area contributed by atoms with Crippen LogP contribution in [0.4, 0.5) is 0 Å². The van der Waals surface area contributed by atoms with E-state index in [0.29, 0.717) is 48.0 Å². The number of fused-ring (bicyclic) bond motifs is 4. The van der Waals surface area contributed by atoms with Crippen molar-refractivity contribution in [3.05, 3.63) is 45.6 Å². The summed E-state index contributed by atoms with van der Waals surface area (Å²) in [7, 11) is 3.08. The van der Waals surface area contributed by atoms with Crippen LogP contribution in [-0.2, 0) is 23.9 Å². The lowest BCUT2D eigenvalue weighted by atomic mass is 9.59. The molecule has 2 saturated carbocycles. The molecule has 0 heterocycles. The number of Topliss-reactive ketones (excluding diaryl/α,β-unsaturated/α-hetero) is 3. The van der Waals surface area contributed by atoms with Gasteiger partial charge in [0.05, 0.1) is 30.8 Å². The molecule has 0 radical (unpaired) electrons. The van der Waals surface area contributed by atoms with E-state index in [4.69, 9.17) is 9.47 Å². The first-order valence-electron chi connectivity index (χ1n) is 19.2. The van der Waals surface area contributed by atoms with Gasteiger partial charge in [-0.15, -0.1) is 0 Å². The van der Waals surface area contributed by atoms with Crippen LogP contribution in [0.25, 0.3) is 0 Å². The average molecular weight is 709 g/mol. The van der Waals surface area contributed by atoms with Crippen LogP contribution in [-0.4, -0.2) is 88.6 Å². The fourth-order valence-corrected chi connectivity index (χ4v) is 11.4. The van der Waals surface area contributed by atoms with Gasteiger partial charge in [-0.3, -0.25) is 14.4 Å². The van der Waals surface area contributed by atoms with Crippen molar-refractivity contribution in [2.45, 2.75) is 117 Å². The van der Waals surface area contributed by atoms with Crippen molar-refractivity contribution in [3.63, 3.8) is 0 Å². The predicted molar refractivity (Wildman–Crippen MR) is 192 cm³/mol. The van der Waals surface area contributed by atoms with E-state index in [1.165, 1.54) is 7.11 Å². The lowest BCUT2D eigenvalue weighted by molar-refractivity contribution is -0.138. The van der Waals surface area contributed by atoms with E-state index < -0.39 is 51.7 Å². The van der Waals surface area contributed by atoms with Gasteiger partial charge in [-0.05, 0) is 103 Å². The van der Waals surface area contributed by atoms with E-state index in [9.17, 15) is 30.0 Å². The van der Waals surface area contributed by atoms with Crippen LogP contribution < -0.4 is 0 Å². The Morgan fingerprint density at radius 2 is 1.24 bits per heavy atom. The highest BCUT2D eigenvalue weighted by atomic mass is 16.5. The van der Waals surface area contributed by atoms with Crippen LogP contribution in [0.15, 0.2) is 45.6 Å². The van der Waals surface area contributed by atoms with E-state index in [2.05, 4.69) is 6.08 Å². The van der Waals surface area contributed by atoms with Gasteiger partial charge >= 0.3 is 0 Å². The van der Waals surface area contributed by atoms with E-state index in [0.717, 1.165) is 11.1 Å². The molecule has 6 rings (SSSR count). The van der Waals surface area contributed by atoms with Crippen molar-refractivity contribution >= 4 is 17.3 Å². The number of hydrogen-bond acceptors (Lipinski definition) is 9. The average Bonchev–Trinajstić information content (AvgIpc) is 3.66. The summed E-state index contributed by atoms with van der Waals surface area (Å²) in [6.45, 7) is 13.7. The summed E-state index contributed by atoms with van der Waals surface area (Å²) in [6, 6.07) is 0.